The molecule has 0 spiro atoms. The summed E-state index contributed by atoms with van der Waals surface area (Å²) in [6.45, 7) is 10.7. The molecular formula is C18H30N2O3S. The van der Waals surface area contributed by atoms with Gasteiger partial charge >= 0.3 is 0 Å². The monoisotopic (exact) mass is 354 g/mol. The first-order chi connectivity index (χ1) is 11.0. The van der Waals surface area contributed by atoms with Gasteiger partial charge in [-0.15, -0.1) is 0 Å². The summed E-state index contributed by atoms with van der Waals surface area (Å²) >= 11 is 0. The highest BCUT2D eigenvalue weighted by Gasteiger charge is 2.19. The van der Waals surface area contributed by atoms with Crippen molar-refractivity contribution in [3.05, 3.63) is 29.3 Å². The number of carbonyl (C=O) groups excluding carboxylic acids is 1. The lowest BCUT2D eigenvalue weighted by atomic mass is 9.98. The third-order valence-electron chi connectivity index (χ3n) is 3.82. The normalized spacial score (nSPS) is 12.2. The highest BCUT2D eigenvalue weighted by atomic mass is 32.2. The van der Waals surface area contributed by atoms with Crippen LogP contribution in [0.2, 0.25) is 0 Å². The minimum Gasteiger partial charge on any atom is -0.326 e. The summed E-state index contributed by atoms with van der Waals surface area (Å²) in [7, 11) is -3.30. The van der Waals surface area contributed by atoms with Gasteiger partial charge in [-0.3, -0.25) is 4.79 Å². The van der Waals surface area contributed by atoms with Crippen molar-refractivity contribution in [2.75, 3.05) is 24.7 Å². The molecule has 1 amide bonds. The first-order valence-electron chi connectivity index (χ1n) is 8.36. The number of para-hydroxylation sites is 1. The van der Waals surface area contributed by atoms with Crippen LogP contribution < -0.4 is 5.32 Å². The predicted molar refractivity (Wildman–Crippen MR) is 99.8 cm³/mol. The van der Waals surface area contributed by atoms with Crippen LogP contribution in [0.25, 0.3) is 0 Å². The van der Waals surface area contributed by atoms with E-state index in [0.717, 1.165) is 16.8 Å². The van der Waals surface area contributed by atoms with Gasteiger partial charge in [0.1, 0.15) is 0 Å². The number of nitrogens with zero attached hydrogens (tertiary/aromatic N) is 1. The van der Waals surface area contributed by atoms with Crippen molar-refractivity contribution in [3.8, 4) is 0 Å². The number of rotatable bonds is 8. The smallest absolute Gasteiger partial charge is 0.225 e. The molecule has 0 aliphatic rings. The van der Waals surface area contributed by atoms with Crippen LogP contribution in [-0.4, -0.2) is 38.0 Å². The first kappa shape index (κ1) is 20.6. The number of aryl methyl sites for hydroxylation is 1. The number of hydrogen-bond acceptors (Lipinski definition) is 3. The minimum atomic E-state index is -3.30. The SMILES string of the molecule is Cc1cccc(C(C)C)c1NC(=O)CCN(CC(C)C)S(C)(=O)=O. The Hall–Kier alpha value is -1.40. The largest absolute Gasteiger partial charge is 0.326 e. The van der Waals surface area contributed by atoms with Gasteiger partial charge in [0.15, 0.2) is 0 Å². The Kier molecular flexibility index (Phi) is 7.42. The van der Waals surface area contributed by atoms with Gasteiger partial charge in [0.05, 0.1) is 6.26 Å². The van der Waals surface area contributed by atoms with Crippen LogP contribution in [0.1, 0.15) is 51.2 Å². The molecule has 0 fully saturated rings. The molecule has 0 aromatic heterocycles. The van der Waals surface area contributed by atoms with Crippen molar-refractivity contribution in [1.29, 1.82) is 0 Å². The van der Waals surface area contributed by atoms with Crippen LogP contribution in [0.4, 0.5) is 5.69 Å². The second-order valence-electron chi connectivity index (χ2n) is 7.01. The fourth-order valence-electron chi connectivity index (χ4n) is 2.57. The van der Waals surface area contributed by atoms with Crippen molar-refractivity contribution < 1.29 is 13.2 Å². The Balaban J connectivity index is 2.80. The Morgan fingerprint density at radius 2 is 1.83 bits per heavy atom. The molecule has 6 heteroatoms. The average Bonchev–Trinajstić information content (AvgIpc) is 2.43. The zero-order valence-electron chi connectivity index (χ0n) is 15.6. The summed E-state index contributed by atoms with van der Waals surface area (Å²) in [5.41, 5.74) is 2.94. The lowest BCUT2D eigenvalue weighted by Gasteiger charge is -2.22. The van der Waals surface area contributed by atoms with Crippen molar-refractivity contribution in [3.63, 3.8) is 0 Å². The van der Waals surface area contributed by atoms with Crippen molar-refractivity contribution in [2.45, 2.75) is 47.0 Å². The lowest BCUT2D eigenvalue weighted by molar-refractivity contribution is -0.116. The van der Waals surface area contributed by atoms with Gasteiger partial charge in [-0.1, -0.05) is 45.9 Å². The topological polar surface area (TPSA) is 66.5 Å². The van der Waals surface area contributed by atoms with Crippen LogP contribution in [0, 0.1) is 12.8 Å². The quantitative estimate of drug-likeness (QED) is 0.778. The average molecular weight is 355 g/mol. The van der Waals surface area contributed by atoms with Crippen molar-refractivity contribution in [2.24, 2.45) is 5.92 Å². The highest BCUT2D eigenvalue weighted by molar-refractivity contribution is 7.88. The molecule has 1 aromatic rings. The summed E-state index contributed by atoms with van der Waals surface area (Å²) in [6.07, 6.45) is 1.33. The van der Waals surface area contributed by atoms with Crippen LogP contribution in [0.3, 0.4) is 0 Å². The second kappa shape index (κ2) is 8.62. The molecule has 0 aliphatic carbocycles. The lowest BCUT2D eigenvalue weighted by Crippen LogP contribution is -2.35. The van der Waals surface area contributed by atoms with E-state index in [2.05, 4.69) is 19.2 Å². The maximum absolute atomic E-state index is 12.3. The molecule has 0 bridgehead atoms. The van der Waals surface area contributed by atoms with Gasteiger partial charge in [-0.05, 0) is 29.9 Å². The van der Waals surface area contributed by atoms with E-state index in [0.29, 0.717) is 12.5 Å². The molecule has 0 aliphatic heterocycles. The van der Waals surface area contributed by atoms with Crippen LogP contribution >= 0.6 is 0 Å². The van der Waals surface area contributed by atoms with E-state index in [4.69, 9.17) is 0 Å². The standard InChI is InChI=1S/C18H30N2O3S/c1-13(2)12-20(24(6,22)23)11-10-17(21)19-18-15(5)8-7-9-16(18)14(3)4/h7-9,13-14H,10-12H2,1-6H3,(H,19,21). The van der Waals surface area contributed by atoms with E-state index in [-0.39, 0.29) is 24.8 Å². The molecule has 0 unspecified atom stereocenters. The molecule has 136 valence electrons. The van der Waals surface area contributed by atoms with E-state index in [1.807, 2.05) is 39.0 Å². The van der Waals surface area contributed by atoms with Crippen LogP contribution in [-0.2, 0) is 14.8 Å². The van der Waals surface area contributed by atoms with Gasteiger partial charge in [-0.25, -0.2) is 12.7 Å². The van der Waals surface area contributed by atoms with Crippen molar-refractivity contribution in [1.82, 2.24) is 4.31 Å². The molecular weight excluding hydrogens is 324 g/mol. The van der Waals surface area contributed by atoms with Gasteiger partial charge in [0.25, 0.3) is 0 Å². The van der Waals surface area contributed by atoms with Gasteiger partial charge in [0.2, 0.25) is 15.9 Å². The number of anilines is 1. The van der Waals surface area contributed by atoms with E-state index in [9.17, 15) is 13.2 Å². The molecule has 0 atom stereocenters. The first-order valence-corrected chi connectivity index (χ1v) is 10.2. The molecule has 0 radical (unpaired) electrons. The predicted octanol–water partition coefficient (Wildman–Crippen LogP) is 3.36. The maximum Gasteiger partial charge on any atom is 0.225 e. The molecule has 0 heterocycles. The van der Waals surface area contributed by atoms with Gasteiger partial charge in [0, 0.05) is 25.2 Å². The van der Waals surface area contributed by atoms with E-state index >= 15 is 0 Å². The summed E-state index contributed by atoms with van der Waals surface area (Å²) in [5, 5.41) is 2.96. The number of hydrogen-bond donors (Lipinski definition) is 1. The molecule has 24 heavy (non-hydrogen) atoms. The molecule has 0 saturated carbocycles. The third-order valence-corrected chi connectivity index (χ3v) is 5.09. The van der Waals surface area contributed by atoms with Gasteiger partial charge in [-0.2, -0.15) is 0 Å². The summed E-state index contributed by atoms with van der Waals surface area (Å²) < 4.78 is 25.0. The zero-order valence-corrected chi connectivity index (χ0v) is 16.4. The Morgan fingerprint density at radius 3 is 2.33 bits per heavy atom. The van der Waals surface area contributed by atoms with E-state index in [1.165, 1.54) is 10.6 Å². The molecule has 0 saturated heterocycles. The second-order valence-corrected chi connectivity index (χ2v) is 8.99. The Labute approximate surface area is 146 Å². The minimum absolute atomic E-state index is 0.145. The van der Waals surface area contributed by atoms with Crippen LogP contribution in [0.15, 0.2) is 18.2 Å². The van der Waals surface area contributed by atoms with Crippen LogP contribution in [0.5, 0.6) is 0 Å². The fraction of sp³-hybridized carbons (Fsp3) is 0.611. The third kappa shape index (κ3) is 6.24. The number of carbonyl (C=O) groups is 1. The number of amides is 1. The van der Waals surface area contributed by atoms with Gasteiger partial charge < -0.3 is 5.32 Å². The maximum atomic E-state index is 12.3. The molecule has 1 rings (SSSR count). The fourth-order valence-corrected chi connectivity index (χ4v) is 3.56. The molecule has 1 N–H and O–H groups in total. The number of benzene rings is 1. The molecule has 1 aromatic carbocycles. The zero-order chi connectivity index (χ0) is 18.5. The summed E-state index contributed by atoms with van der Waals surface area (Å²) in [6, 6.07) is 5.95. The Morgan fingerprint density at radius 1 is 1.21 bits per heavy atom. The summed E-state index contributed by atoms with van der Waals surface area (Å²) in [5.74, 6) is 0.351. The number of sulfonamides is 1. The highest BCUT2D eigenvalue weighted by Crippen LogP contribution is 2.27. The van der Waals surface area contributed by atoms with E-state index < -0.39 is 10.0 Å². The van der Waals surface area contributed by atoms with Crippen molar-refractivity contribution >= 4 is 21.6 Å². The molecule has 5 nitrogen and oxygen atoms in total. The summed E-state index contributed by atoms with van der Waals surface area (Å²) in [4.78, 5) is 12.3. The van der Waals surface area contributed by atoms with E-state index in [1.54, 1.807) is 0 Å². The number of nitrogens with one attached hydrogen (secondary N) is 1. The Bertz CT molecular complexity index is 667.